The summed E-state index contributed by atoms with van der Waals surface area (Å²) in [5.41, 5.74) is 1.54. The lowest BCUT2D eigenvalue weighted by molar-refractivity contribution is -0.122. The van der Waals surface area contributed by atoms with Gasteiger partial charge in [0.05, 0.1) is 19.6 Å². The second-order valence-electron chi connectivity index (χ2n) is 4.35. The van der Waals surface area contributed by atoms with Crippen LogP contribution in [0, 0.1) is 5.92 Å². The number of methoxy groups -OCH3 is 2. The number of ketones is 2. The first-order chi connectivity index (χ1) is 8.67. The van der Waals surface area contributed by atoms with Crippen molar-refractivity contribution < 1.29 is 19.1 Å². The van der Waals surface area contributed by atoms with Gasteiger partial charge in [0.25, 0.3) is 0 Å². The van der Waals surface area contributed by atoms with Crippen LogP contribution < -0.4 is 4.74 Å². The number of carbonyl (C=O) groups excluding carboxylic acids is 2. The van der Waals surface area contributed by atoms with Crippen LogP contribution in [0.2, 0.25) is 0 Å². The number of rotatable bonds is 5. The zero-order valence-corrected chi connectivity index (χ0v) is 10.6. The maximum absolute atomic E-state index is 12.2. The van der Waals surface area contributed by atoms with Crippen LogP contribution in [0.3, 0.4) is 0 Å². The van der Waals surface area contributed by atoms with E-state index in [2.05, 4.69) is 0 Å². The minimum absolute atomic E-state index is 0.0444. The monoisotopic (exact) mass is 248 g/mol. The third kappa shape index (κ3) is 2.29. The van der Waals surface area contributed by atoms with Crippen LogP contribution in [-0.4, -0.2) is 32.4 Å². The molecule has 0 aliphatic heterocycles. The quantitative estimate of drug-likeness (QED) is 0.743. The van der Waals surface area contributed by atoms with Gasteiger partial charge in [-0.1, -0.05) is 6.07 Å². The van der Waals surface area contributed by atoms with E-state index in [1.54, 1.807) is 20.3 Å². The maximum Gasteiger partial charge on any atom is 0.174 e. The fourth-order valence-corrected chi connectivity index (χ4v) is 2.23. The van der Waals surface area contributed by atoms with Crippen LogP contribution in [0.4, 0.5) is 0 Å². The van der Waals surface area contributed by atoms with E-state index in [9.17, 15) is 9.59 Å². The number of ether oxygens (including phenoxy) is 2. The Morgan fingerprint density at radius 1 is 1.39 bits per heavy atom. The summed E-state index contributed by atoms with van der Waals surface area (Å²) in [4.78, 5) is 24.1. The van der Waals surface area contributed by atoms with Crippen LogP contribution in [0.25, 0.3) is 0 Å². The van der Waals surface area contributed by atoms with Crippen LogP contribution in [0.15, 0.2) is 18.2 Å². The number of hydrogen-bond donors (Lipinski definition) is 0. The van der Waals surface area contributed by atoms with Gasteiger partial charge in [-0.25, -0.2) is 0 Å². The molecule has 96 valence electrons. The molecule has 1 atom stereocenters. The number of carbonyl (C=O) groups is 2. The summed E-state index contributed by atoms with van der Waals surface area (Å²) < 4.78 is 9.96. The molecule has 0 fully saturated rings. The zero-order valence-electron chi connectivity index (χ0n) is 10.6. The van der Waals surface area contributed by atoms with Gasteiger partial charge in [-0.3, -0.25) is 9.59 Å². The second-order valence-corrected chi connectivity index (χ2v) is 4.35. The molecule has 0 heterocycles. The summed E-state index contributed by atoms with van der Waals surface area (Å²) in [5, 5.41) is 0. The zero-order chi connectivity index (χ0) is 13.1. The Labute approximate surface area is 106 Å². The summed E-state index contributed by atoms with van der Waals surface area (Å²) in [6.07, 6.45) is 0.790. The van der Waals surface area contributed by atoms with E-state index in [0.29, 0.717) is 24.3 Å². The van der Waals surface area contributed by atoms with Crippen molar-refractivity contribution in [2.24, 2.45) is 5.92 Å². The Morgan fingerprint density at radius 2 is 2.17 bits per heavy atom. The van der Waals surface area contributed by atoms with E-state index in [4.69, 9.17) is 9.47 Å². The third-order valence-electron chi connectivity index (χ3n) is 3.26. The number of Topliss-reactive ketones (excluding diaryl/α,β-unsaturated/α-hetero) is 2. The van der Waals surface area contributed by atoms with Gasteiger partial charge in [-0.15, -0.1) is 0 Å². The van der Waals surface area contributed by atoms with Gasteiger partial charge in [0.2, 0.25) is 0 Å². The van der Waals surface area contributed by atoms with Gasteiger partial charge in [-0.2, -0.15) is 0 Å². The summed E-state index contributed by atoms with van der Waals surface area (Å²) >= 11 is 0. The van der Waals surface area contributed by atoms with Gasteiger partial charge in [-0.05, 0) is 24.1 Å². The van der Waals surface area contributed by atoms with Gasteiger partial charge < -0.3 is 9.47 Å². The largest absolute Gasteiger partial charge is 0.497 e. The van der Waals surface area contributed by atoms with Crippen molar-refractivity contribution in [2.75, 3.05) is 20.8 Å². The number of hydrogen-bond acceptors (Lipinski definition) is 4. The highest BCUT2D eigenvalue weighted by molar-refractivity contribution is 6.14. The van der Waals surface area contributed by atoms with Crippen molar-refractivity contribution in [2.45, 2.75) is 12.8 Å². The fraction of sp³-hybridized carbons (Fsp3) is 0.429. The molecular weight excluding hydrogens is 232 g/mol. The lowest BCUT2D eigenvalue weighted by atomic mass is 9.98. The van der Waals surface area contributed by atoms with E-state index in [1.165, 1.54) is 0 Å². The highest BCUT2D eigenvalue weighted by Gasteiger charge is 2.35. The molecule has 18 heavy (non-hydrogen) atoms. The molecule has 1 unspecified atom stereocenters. The number of benzene rings is 1. The molecule has 1 aromatic rings. The minimum Gasteiger partial charge on any atom is -0.497 e. The molecule has 1 aliphatic rings. The molecule has 4 heteroatoms. The molecule has 0 spiro atoms. The van der Waals surface area contributed by atoms with Gasteiger partial charge in [0.1, 0.15) is 11.5 Å². The van der Waals surface area contributed by atoms with Crippen molar-refractivity contribution in [1.29, 1.82) is 0 Å². The molecule has 0 radical (unpaired) electrons. The molecular formula is C14H16O4. The van der Waals surface area contributed by atoms with E-state index in [1.807, 2.05) is 12.1 Å². The number of fused-ring (bicyclic) bond motifs is 1. The van der Waals surface area contributed by atoms with E-state index >= 15 is 0 Å². The lowest BCUT2D eigenvalue weighted by Crippen LogP contribution is -2.21. The smallest absolute Gasteiger partial charge is 0.174 e. The normalized spacial score (nSPS) is 17.7. The third-order valence-corrected chi connectivity index (χ3v) is 3.26. The van der Waals surface area contributed by atoms with Gasteiger partial charge in [0.15, 0.2) is 5.78 Å². The van der Waals surface area contributed by atoms with Crippen LogP contribution in [-0.2, 0) is 16.0 Å². The average Bonchev–Trinajstić information content (AvgIpc) is 2.73. The van der Waals surface area contributed by atoms with Crippen LogP contribution in [0.1, 0.15) is 22.3 Å². The molecule has 1 aliphatic carbocycles. The van der Waals surface area contributed by atoms with Crippen molar-refractivity contribution in [3.05, 3.63) is 29.3 Å². The highest BCUT2D eigenvalue weighted by Crippen LogP contribution is 2.30. The topological polar surface area (TPSA) is 52.6 Å². The minimum atomic E-state index is -0.540. The van der Waals surface area contributed by atoms with E-state index < -0.39 is 5.92 Å². The van der Waals surface area contributed by atoms with Crippen molar-refractivity contribution in [3.63, 3.8) is 0 Å². The molecule has 0 aromatic heterocycles. The first kappa shape index (κ1) is 12.8. The lowest BCUT2D eigenvalue weighted by Gasteiger charge is -2.05. The van der Waals surface area contributed by atoms with Crippen molar-refractivity contribution in [1.82, 2.24) is 0 Å². The Kier molecular flexibility index (Phi) is 3.77. The van der Waals surface area contributed by atoms with Crippen LogP contribution in [0.5, 0.6) is 5.75 Å². The van der Waals surface area contributed by atoms with E-state index in [0.717, 1.165) is 5.56 Å². The molecule has 2 rings (SSSR count). The molecule has 0 saturated heterocycles. The fourth-order valence-electron chi connectivity index (χ4n) is 2.23. The molecule has 0 N–H and O–H groups in total. The Balaban J connectivity index is 2.17. The Morgan fingerprint density at radius 3 is 2.83 bits per heavy atom. The second kappa shape index (κ2) is 5.31. The summed E-state index contributed by atoms with van der Waals surface area (Å²) in [7, 11) is 3.10. The molecule has 0 bridgehead atoms. The molecule has 0 saturated carbocycles. The van der Waals surface area contributed by atoms with Gasteiger partial charge in [0, 0.05) is 19.1 Å². The average molecular weight is 248 g/mol. The maximum atomic E-state index is 12.2. The first-order valence-corrected chi connectivity index (χ1v) is 5.90. The SMILES string of the molecule is COCCC(=O)C1Cc2ccc(OC)cc2C1=O. The van der Waals surface area contributed by atoms with Crippen molar-refractivity contribution in [3.8, 4) is 5.75 Å². The highest BCUT2D eigenvalue weighted by atomic mass is 16.5. The Bertz CT molecular complexity index is 479. The standard InChI is InChI=1S/C14H16O4/c1-17-6-5-13(15)12-7-9-3-4-10(18-2)8-11(9)14(12)16/h3-4,8,12H,5-7H2,1-2H3. The van der Waals surface area contributed by atoms with Gasteiger partial charge >= 0.3 is 0 Å². The molecule has 4 nitrogen and oxygen atoms in total. The summed E-state index contributed by atoms with van der Waals surface area (Å²) in [5.74, 6) is -0.0311. The Hall–Kier alpha value is -1.68. The summed E-state index contributed by atoms with van der Waals surface area (Å²) in [6, 6.07) is 5.38. The first-order valence-electron chi connectivity index (χ1n) is 5.90. The predicted molar refractivity (Wildman–Crippen MR) is 66.0 cm³/mol. The summed E-state index contributed by atoms with van der Waals surface area (Å²) in [6.45, 7) is 0.363. The molecule has 1 aromatic carbocycles. The molecule has 0 amide bonds. The predicted octanol–water partition coefficient (Wildman–Crippen LogP) is 1.66. The van der Waals surface area contributed by atoms with Crippen molar-refractivity contribution >= 4 is 11.6 Å². The van der Waals surface area contributed by atoms with E-state index in [-0.39, 0.29) is 18.0 Å². The van der Waals surface area contributed by atoms with Crippen LogP contribution >= 0.6 is 0 Å².